The lowest BCUT2D eigenvalue weighted by Crippen LogP contribution is -2.57. The van der Waals surface area contributed by atoms with Gasteiger partial charge in [-0.15, -0.1) is 0 Å². The van der Waals surface area contributed by atoms with Gasteiger partial charge < -0.3 is 15.1 Å². The molecule has 4 rings (SSSR count). The van der Waals surface area contributed by atoms with Crippen LogP contribution in [0.3, 0.4) is 0 Å². The van der Waals surface area contributed by atoms with Crippen molar-refractivity contribution in [2.45, 2.75) is 62.9 Å². The summed E-state index contributed by atoms with van der Waals surface area (Å²) in [5, 5.41) is 2.68. The van der Waals surface area contributed by atoms with E-state index in [9.17, 15) is 9.59 Å². The van der Waals surface area contributed by atoms with Gasteiger partial charge >= 0.3 is 6.03 Å². The fourth-order valence-electron chi connectivity index (χ4n) is 5.96. The lowest BCUT2D eigenvalue weighted by atomic mass is 9.68. The van der Waals surface area contributed by atoms with Gasteiger partial charge in [0.05, 0.1) is 5.54 Å². The Kier molecular flexibility index (Phi) is 6.29. The molecule has 0 bridgehead atoms. The summed E-state index contributed by atoms with van der Waals surface area (Å²) in [6, 6.07) is 10.9. The van der Waals surface area contributed by atoms with Gasteiger partial charge in [0.25, 0.3) is 0 Å². The molecule has 1 spiro atoms. The SMILES string of the molecule is CCN(C)[C@]1(c2ccccc2)CC[C@@]2(CC1)CN(CC(=O)NC)C(=O)N2CC1CCC1. The Balaban J connectivity index is 1.59. The number of urea groups is 1. The highest BCUT2D eigenvalue weighted by molar-refractivity contribution is 5.85. The molecule has 170 valence electrons. The zero-order valence-electron chi connectivity index (χ0n) is 19.4. The third kappa shape index (κ3) is 3.95. The average Bonchev–Trinajstić information content (AvgIpc) is 3.01. The van der Waals surface area contributed by atoms with Crippen LogP contribution in [-0.4, -0.2) is 72.5 Å². The van der Waals surface area contributed by atoms with E-state index in [1.54, 1.807) is 11.9 Å². The lowest BCUT2D eigenvalue weighted by Gasteiger charge is -2.52. The Labute approximate surface area is 187 Å². The third-order valence-electron chi connectivity index (χ3n) is 8.36. The molecule has 1 aromatic carbocycles. The van der Waals surface area contributed by atoms with E-state index in [2.05, 4.69) is 59.4 Å². The van der Waals surface area contributed by atoms with Gasteiger partial charge in [0.2, 0.25) is 5.91 Å². The average molecular weight is 427 g/mol. The van der Waals surface area contributed by atoms with E-state index in [1.807, 2.05) is 0 Å². The Bertz CT molecular complexity index is 784. The molecule has 6 nitrogen and oxygen atoms in total. The standard InChI is InChI=1S/C25H38N4O2/c1-4-27(3)25(21-11-6-5-7-12-21)15-13-24(14-16-25)19-28(18-22(30)26-2)23(31)29(24)17-20-9-8-10-20/h5-7,11-12,20H,4,8-10,13-19H2,1-3H3,(H,26,30)/t24-,25-. The van der Waals surface area contributed by atoms with Gasteiger partial charge in [0, 0.05) is 25.7 Å². The van der Waals surface area contributed by atoms with E-state index in [-0.39, 0.29) is 29.6 Å². The number of likely N-dealkylation sites (N-methyl/N-ethyl adjacent to an activating group) is 1. The minimum atomic E-state index is -0.145. The first kappa shape index (κ1) is 22.1. The van der Waals surface area contributed by atoms with Gasteiger partial charge in [0.15, 0.2) is 0 Å². The number of hydrogen-bond acceptors (Lipinski definition) is 3. The minimum Gasteiger partial charge on any atom is -0.358 e. The van der Waals surface area contributed by atoms with E-state index >= 15 is 0 Å². The molecule has 0 unspecified atom stereocenters. The molecule has 3 aliphatic rings. The number of nitrogens with one attached hydrogen (secondary N) is 1. The molecule has 0 radical (unpaired) electrons. The third-order valence-corrected chi connectivity index (χ3v) is 8.36. The molecule has 0 atom stereocenters. The summed E-state index contributed by atoms with van der Waals surface area (Å²) in [7, 11) is 3.87. The van der Waals surface area contributed by atoms with Crippen LogP contribution in [0.5, 0.6) is 0 Å². The van der Waals surface area contributed by atoms with E-state index < -0.39 is 0 Å². The van der Waals surface area contributed by atoms with Crippen LogP contribution in [0.4, 0.5) is 4.79 Å². The maximum atomic E-state index is 13.4. The summed E-state index contributed by atoms with van der Waals surface area (Å²) in [5.74, 6) is 0.536. The molecule has 1 N–H and O–H groups in total. The lowest BCUT2D eigenvalue weighted by molar-refractivity contribution is -0.121. The van der Waals surface area contributed by atoms with Crippen LogP contribution in [-0.2, 0) is 10.3 Å². The summed E-state index contributed by atoms with van der Waals surface area (Å²) in [5.41, 5.74) is 1.25. The first-order valence-electron chi connectivity index (χ1n) is 12.0. The highest BCUT2D eigenvalue weighted by Gasteiger charge is 2.55. The van der Waals surface area contributed by atoms with Crippen molar-refractivity contribution in [3.05, 3.63) is 35.9 Å². The first-order chi connectivity index (χ1) is 14.9. The van der Waals surface area contributed by atoms with E-state index in [0.29, 0.717) is 12.5 Å². The van der Waals surface area contributed by atoms with Crippen molar-refractivity contribution < 1.29 is 9.59 Å². The molecule has 31 heavy (non-hydrogen) atoms. The predicted octanol–water partition coefficient (Wildman–Crippen LogP) is 3.43. The van der Waals surface area contributed by atoms with Crippen molar-refractivity contribution >= 4 is 11.9 Å². The Hall–Kier alpha value is -2.08. The van der Waals surface area contributed by atoms with Crippen molar-refractivity contribution in [3.63, 3.8) is 0 Å². The van der Waals surface area contributed by atoms with Crippen molar-refractivity contribution in [2.24, 2.45) is 5.92 Å². The molecular formula is C25H38N4O2. The fraction of sp³-hybridized carbons (Fsp3) is 0.680. The van der Waals surface area contributed by atoms with E-state index in [0.717, 1.165) is 38.8 Å². The number of carbonyl (C=O) groups is 2. The predicted molar refractivity (Wildman–Crippen MR) is 123 cm³/mol. The Morgan fingerprint density at radius 3 is 2.39 bits per heavy atom. The Morgan fingerprint density at radius 2 is 1.84 bits per heavy atom. The van der Waals surface area contributed by atoms with Crippen LogP contribution in [0.25, 0.3) is 0 Å². The van der Waals surface area contributed by atoms with Gasteiger partial charge in [-0.05, 0) is 63.6 Å². The largest absolute Gasteiger partial charge is 0.358 e. The van der Waals surface area contributed by atoms with Gasteiger partial charge in [-0.3, -0.25) is 9.69 Å². The van der Waals surface area contributed by atoms with Crippen molar-refractivity contribution in [1.82, 2.24) is 20.0 Å². The molecule has 1 aromatic rings. The Morgan fingerprint density at radius 1 is 1.16 bits per heavy atom. The van der Waals surface area contributed by atoms with Crippen LogP contribution in [0.1, 0.15) is 57.4 Å². The molecule has 2 aliphatic carbocycles. The maximum Gasteiger partial charge on any atom is 0.321 e. The highest BCUT2D eigenvalue weighted by atomic mass is 16.2. The van der Waals surface area contributed by atoms with Crippen molar-refractivity contribution in [1.29, 1.82) is 0 Å². The molecular weight excluding hydrogens is 388 g/mol. The van der Waals surface area contributed by atoms with Crippen LogP contribution in [0.2, 0.25) is 0 Å². The number of carbonyl (C=O) groups excluding carboxylic acids is 2. The second-order valence-corrected chi connectivity index (χ2v) is 9.86. The summed E-state index contributed by atoms with van der Waals surface area (Å²) >= 11 is 0. The quantitative estimate of drug-likeness (QED) is 0.727. The smallest absolute Gasteiger partial charge is 0.321 e. The van der Waals surface area contributed by atoms with Crippen LogP contribution < -0.4 is 5.32 Å². The monoisotopic (exact) mass is 426 g/mol. The van der Waals surface area contributed by atoms with Crippen LogP contribution in [0, 0.1) is 5.92 Å². The van der Waals surface area contributed by atoms with Crippen molar-refractivity contribution in [3.8, 4) is 0 Å². The second-order valence-electron chi connectivity index (χ2n) is 9.86. The van der Waals surface area contributed by atoms with E-state index in [4.69, 9.17) is 0 Å². The number of nitrogens with zero attached hydrogens (tertiary/aromatic N) is 3. The molecule has 2 saturated carbocycles. The first-order valence-corrected chi connectivity index (χ1v) is 12.0. The zero-order chi connectivity index (χ0) is 22.1. The van der Waals surface area contributed by atoms with E-state index in [1.165, 1.54) is 24.8 Å². The number of benzene rings is 1. The fourth-order valence-corrected chi connectivity index (χ4v) is 5.96. The zero-order valence-corrected chi connectivity index (χ0v) is 19.4. The van der Waals surface area contributed by atoms with Gasteiger partial charge in [-0.2, -0.15) is 0 Å². The van der Waals surface area contributed by atoms with Gasteiger partial charge in [-0.25, -0.2) is 4.79 Å². The minimum absolute atomic E-state index is 0.0145. The number of amides is 3. The van der Waals surface area contributed by atoms with Crippen LogP contribution in [0.15, 0.2) is 30.3 Å². The summed E-state index contributed by atoms with van der Waals surface area (Å²) in [4.78, 5) is 31.9. The molecule has 3 fully saturated rings. The van der Waals surface area contributed by atoms with Crippen LogP contribution >= 0.6 is 0 Å². The van der Waals surface area contributed by atoms with Gasteiger partial charge in [-0.1, -0.05) is 43.7 Å². The second kappa shape index (κ2) is 8.81. The molecule has 0 aromatic heterocycles. The normalized spacial score (nSPS) is 29.0. The topological polar surface area (TPSA) is 55.9 Å². The molecule has 3 amide bonds. The van der Waals surface area contributed by atoms with Gasteiger partial charge in [0.1, 0.15) is 6.54 Å². The maximum absolute atomic E-state index is 13.4. The summed E-state index contributed by atoms with van der Waals surface area (Å²) < 4.78 is 0. The molecule has 6 heteroatoms. The summed E-state index contributed by atoms with van der Waals surface area (Å²) in [6.07, 6.45) is 7.75. The number of hydrogen-bond donors (Lipinski definition) is 1. The summed E-state index contributed by atoms with van der Waals surface area (Å²) in [6.45, 7) is 4.91. The molecule has 1 heterocycles. The van der Waals surface area contributed by atoms with Crippen molar-refractivity contribution in [2.75, 3.05) is 40.3 Å². The highest BCUT2D eigenvalue weighted by Crippen LogP contribution is 2.49. The number of rotatable bonds is 7. The molecule has 1 aliphatic heterocycles. The molecule has 1 saturated heterocycles.